The standard InChI is InChI=1S/C12H11NO2S2/c1-7-6-10(11(14)15-7)17-12-13-8-4-2-3-5-9(8)16-12/h2-5,7,10H,6H2,1H3/t7-,10+/m0/s1. The number of aromatic nitrogens is 1. The minimum Gasteiger partial charge on any atom is -0.462 e. The monoisotopic (exact) mass is 265 g/mol. The molecule has 1 aromatic heterocycles. The fraction of sp³-hybridized carbons (Fsp3) is 0.333. The maximum atomic E-state index is 11.5. The summed E-state index contributed by atoms with van der Waals surface area (Å²) in [5.74, 6) is -0.109. The summed E-state index contributed by atoms with van der Waals surface area (Å²) >= 11 is 3.15. The van der Waals surface area contributed by atoms with Gasteiger partial charge in [0.05, 0.1) is 10.2 Å². The lowest BCUT2D eigenvalue weighted by Gasteiger charge is -1.99. The van der Waals surface area contributed by atoms with Gasteiger partial charge in [0.15, 0.2) is 4.34 Å². The van der Waals surface area contributed by atoms with Gasteiger partial charge in [-0.25, -0.2) is 4.98 Å². The molecule has 5 heteroatoms. The molecule has 17 heavy (non-hydrogen) atoms. The Hall–Kier alpha value is -1.07. The molecular weight excluding hydrogens is 254 g/mol. The highest BCUT2D eigenvalue weighted by Gasteiger charge is 2.33. The minimum absolute atomic E-state index is 0.0365. The third-order valence-electron chi connectivity index (χ3n) is 2.64. The molecule has 0 spiro atoms. The average molecular weight is 265 g/mol. The normalized spacial score (nSPS) is 24.2. The quantitative estimate of drug-likeness (QED) is 0.782. The molecule has 0 bridgehead atoms. The van der Waals surface area contributed by atoms with Gasteiger partial charge < -0.3 is 4.74 Å². The fourth-order valence-corrected chi connectivity index (χ4v) is 4.26. The molecule has 1 saturated heterocycles. The summed E-state index contributed by atoms with van der Waals surface area (Å²) in [6.45, 7) is 1.93. The zero-order chi connectivity index (χ0) is 11.8. The van der Waals surface area contributed by atoms with Gasteiger partial charge >= 0.3 is 5.97 Å². The first-order valence-corrected chi connectivity index (χ1v) is 7.15. The Labute approximate surface area is 107 Å². The molecule has 0 N–H and O–H groups in total. The average Bonchev–Trinajstić information content (AvgIpc) is 2.82. The van der Waals surface area contributed by atoms with Gasteiger partial charge in [0.25, 0.3) is 0 Å². The van der Waals surface area contributed by atoms with E-state index in [1.165, 1.54) is 11.8 Å². The molecule has 1 aliphatic rings. The van der Waals surface area contributed by atoms with Crippen molar-refractivity contribution >= 4 is 39.3 Å². The van der Waals surface area contributed by atoms with Gasteiger partial charge in [-0.05, 0) is 19.1 Å². The van der Waals surface area contributed by atoms with Gasteiger partial charge in [-0.1, -0.05) is 23.9 Å². The predicted octanol–water partition coefficient (Wildman–Crippen LogP) is 3.09. The number of rotatable bonds is 2. The van der Waals surface area contributed by atoms with Crippen molar-refractivity contribution in [3.63, 3.8) is 0 Å². The summed E-state index contributed by atoms with van der Waals surface area (Å²) in [6, 6.07) is 8.02. The van der Waals surface area contributed by atoms with Crippen molar-refractivity contribution in [3.05, 3.63) is 24.3 Å². The number of ether oxygens (including phenoxy) is 1. The van der Waals surface area contributed by atoms with Crippen LogP contribution in [-0.2, 0) is 9.53 Å². The Balaban J connectivity index is 1.83. The van der Waals surface area contributed by atoms with Crippen LogP contribution in [0.4, 0.5) is 0 Å². The summed E-state index contributed by atoms with van der Waals surface area (Å²) in [5.41, 5.74) is 0.999. The maximum Gasteiger partial charge on any atom is 0.319 e. The third kappa shape index (κ3) is 2.17. The van der Waals surface area contributed by atoms with E-state index in [0.29, 0.717) is 0 Å². The van der Waals surface area contributed by atoms with E-state index in [0.717, 1.165) is 21.0 Å². The van der Waals surface area contributed by atoms with Crippen molar-refractivity contribution in [1.82, 2.24) is 4.98 Å². The first-order chi connectivity index (χ1) is 8.22. The lowest BCUT2D eigenvalue weighted by molar-refractivity contribution is -0.140. The summed E-state index contributed by atoms with van der Waals surface area (Å²) in [4.78, 5) is 16.0. The summed E-state index contributed by atoms with van der Waals surface area (Å²) in [5, 5.41) is -0.0921. The second-order valence-electron chi connectivity index (χ2n) is 4.04. The molecule has 2 atom stereocenters. The van der Waals surface area contributed by atoms with Crippen LogP contribution in [0.25, 0.3) is 10.2 Å². The van der Waals surface area contributed by atoms with Crippen molar-refractivity contribution < 1.29 is 9.53 Å². The number of carbonyl (C=O) groups excluding carboxylic acids is 1. The number of thioether (sulfide) groups is 1. The smallest absolute Gasteiger partial charge is 0.319 e. The molecule has 1 aliphatic heterocycles. The number of benzene rings is 1. The molecule has 0 radical (unpaired) electrons. The van der Waals surface area contributed by atoms with E-state index < -0.39 is 0 Å². The Morgan fingerprint density at radius 3 is 3.00 bits per heavy atom. The largest absolute Gasteiger partial charge is 0.462 e. The Kier molecular flexibility index (Phi) is 2.80. The van der Waals surface area contributed by atoms with Crippen LogP contribution in [0.1, 0.15) is 13.3 Å². The number of esters is 1. The van der Waals surface area contributed by atoms with E-state index in [9.17, 15) is 4.79 Å². The molecular formula is C12H11NO2S2. The molecule has 0 unspecified atom stereocenters. The number of cyclic esters (lactones) is 1. The third-order valence-corrected chi connectivity index (χ3v) is 4.98. The van der Waals surface area contributed by atoms with Crippen molar-refractivity contribution in [3.8, 4) is 0 Å². The zero-order valence-electron chi connectivity index (χ0n) is 9.25. The highest BCUT2D eigenvalue weighted by molar-refractivity contribution is 8.02. The lowest BCUT2D eigenvalue weighted by atomic mass is 10.3. The van der Waals surface area contributed by atoms with E-state index >= 15 is 0 Å². The Morgan fingerprint density at radius 1 is 1.47 bits per heavy atom. The summed E-state index contributed by atoms with van der Waals surface area (Å²) in [7, 11) is 0. The number of carbonyl (C=O) groups is 1. The molecule has 1 aromatic carbocycles. The van der Waals surface area contributed by atoms with Crippen LogP contribution in [0.15, 0.2) is 28.6 Å². The second kappa shape index (κ2) is 4.31. The van der Waals surface area contributed by atoms with E-state index in [1.54, 1.807) is 11.3 Å². The van der Waals surface area contributed by atoms with Crippen LogP contribution >= 0.6 is 23.1 Å². The van der Waals surface area contributed by atoms with Crippen LogP contribution in [0.2, 0.25) is 0 Å². The van der Waals surface area contributed by atoms with Gasteiger partial charge in [-0.3, -0.25) is 4.79 Å². The number of hydrogen-bond acceptors (Lipinski definition) is 5. The van der Waals surface area contributed by atoms with E-state index in [-0.39, 0.29) is 17.3 Å². The number of fused-ring (bicyclic) bond motifs is 1. The van der Waals surface area contributed by atoms with E-state index in [2.05, 4.69) is 4.98 Å². The molecule has 88 valence electrons. The molecule has 0 saturated carbocycles. The van der Waals surface area contributed by atoms with Crippen molar-refractivity contribution in [2.24, 2.45) is 0 Å². The topological polar surface area (TPSA) is 39.2 Å². The lowest BCUT2D eigenvalue weighted by Crippen LogP contribution is -2.08. The van der Waals surface area contributed by atoms with Crippen molar-refractivity contribution in [2.75, 3.05) is 0 Å². The van der Waals surface area contributed by atoms with Crippen LogP contribution in [0.5, 0.6) is 0 Å². The van der Waals surface area contributed by atoms with E-state index in [1.807, 2.05) is 31.2 Å². The first kappa shape index (κ1) is 11.0. The highest BCUT2D eigenvalue weighted by atomic mass is 32.2. The number of thiazole rings is 1. The molecule has 2 heterocycles. The molecule has 0 amide bonds. The SMILES string of the molecule is C[C@H]1C[C@@H](Sc2nc3ccccc3s2)C(=O)O1. The maximum absolute atomic E-state index is 11.5. The molecule has 3 nitrogen and oxygen atoms in total. The van der Waals surface area contributed by atoms with E-state index in [4.69, 9.17) is 4.74 Å². The highest BCUT2D eigenvalue weighted by Crippen LogP contribution is 2.36. The van der Waals surface area contributed by atoms with Gasteiger partial charge in [0.2, 0.25) is 0 Å². The predicted molar refractivity (Wildman–Crippen MR) is 69.4 cm³/mol. The Morgan fingerprint density at radius 2 is 2.29 bits per heavy atom. The molecule has 3 rings (SSSR count). The number of nitrogens with zero attached hydrogens (tertiary/aromatic N) is 1. The minimum atomic E-state index is -0.109. The van der Waals surface area contributed by atoms with Crippen LogP contribution < -0.4 is 0 Å². The summed E-state index contributed by atoms with van der Waals surface area (Å²) in [6.07, 6.45) is 0.814. The summed E-state index contributed by atoms with van der Waals surface area (Å²) < 4.78 is 7.25. The van der Waals surface area contributed by atoms with Crippen LogP contribution in [-0.4, -0.2) is 22.3 Å². The first-order valence-electron chi connectivity index (χ1n) is 5.45. The fourth-order valence-electron chi connectivity index (χ4n) is 1.84. The molecule has 2 aromatic rings. The number of hydrogen-bond donors (Lipinski definition) is 0. The molecule has 1 fully saturated rings. The Bertz CT molecular complexity index is 533. The van der Waals surface area contributed by atoms with Gasteiger partial charge in [0.1, 0.15) is 11.4 Å². The molecule has 0 aliphatic carbocycles. The van der Waals surface area contributed by atoms with Crippen LogP contribution in [0, 0.1) is 0 Å². The van der Waals surface area contributed by atoms with Crippen molar-refractivity contribution in [1.29, 1.82) is 0 Å². The van der Waals surface area contributed by atoms with Crippen molar-refractivity contribution in [2.45, 2.75) is 29.0 Å². The van der Waals surface area contributed by atoms with Gasteiger partial charge in [0, 0.05) is 6.42 Å². The number of para-hydroxylation sites is 1. The van der Waals surface area contributed by atoms with Gasteiger partial charge in [-0.2, -0.15) is 0 Å². The van der Waals surface area contributed by atoms with Crippen LogP contribution in [0.3, 0.4) is 0 Å². The second-order valence-corrected chi connectivity index (χ2v) is 6.52. The van der Waals surface area contributed by atoms with Gasteiger partial charge in [-0.15, -0.1) is 11.3 Å². The zero-order valence-corrected chi connectivity index (χ0v) is 10.9.